The van der Waals surface area contributed by atoms with E-state index in [0.717, 1.165) is 11.5 Å². The first kappa shape index (κ1) is 6.60. The highest BCUT2D eigenvalue weighted by molar-refractivity contribution is 5.67. The molecule has 0 amide bonds. The Kier molecular flexibility index (Phi) is 1.16. The van der Waals surface area contributed by atoms with E-state index in [0.29, 0.717) is 0 Å². The van der Waals surface area contributed by atoms with Crippen LogP contribution >= 0.6 is 0 Å². The molecule has 3 heteroatoms. The van der Waals surface area contributed by atoms with E-state index in [4.69, 9.17) is 0 Å². The first-order valence-electron chi connectivity index (χ1n) is 4.22. The van der Waals surface area contributed by atoms with Crippen molar-refractivity contribution in [3.8, 4) is 0 Å². The van der Waals surface area contributed by atoms with Crippen molar-refractivity contribution in [1.29, 1.82) is 0 Å². The highest BCUT2D eigenvalue weighted by atomic mass is 15.3. The van der Waals surface area contributed by atoms with Gasteiger partial charge in [-0.15, -0.1) is 0 Å². The molecule has 0 radical (unpaired) electrons. The fourth-order valence-electron chi connectivity index (χ4n) is 1.57. The Balaban J connectivity index is 2.16. The van der Waals surface area contributed by atoms with Crippen molar-refractivity contribution >= 4 is 12.2 Å². The molecule has 13 heavy (non-hydrogen) atoms. The molecule has 3 rings (SSSR count). The SMILES string of the molecule is C1=CN2C=Cc3[nH]ccc3C=C2N1. The summed E-state index contributed by atoms with van der Waals surface area (Å²) in [5.41, 5.74) is 2.36. The van der Waals surface area contributed by atoms with E-state index in [2.05, 4.69) is 28.5 Å². The zero-order valence-electron chi connectivity index (χ0n) is 6.99. The maximum absolute atomic E-state index is 3.18. The van der Waals surface area contributed by atoms with Gasteiger partial charge in [-0.3, -0.25) is 0 Å². The van der Waals surface area contributed by atoms with Gasteiger partial charge in [-0.25, -0.2) is 0 Å². The molecule has 0 unspecified atom stereocenters. The summed E-state index contributed by atoms with van der Waals surface area (Å²) in [6.07, 6.45) is 12.1. The largest absolute Gasteiger partial charge is 0.361 e. The average Bonchev–Trinajstić information content (AvgIpc) is 2.72. The first-order valence-corrected chi connectivity index (χ1v) is 4.22. The van der Waals surface area contributed by atoms with Crippen molar-refractivity contribution in [2.45, 2.75) is 0 Å². The maximum atomic E-state index is 3.18. The standard InChI is InChI=1S/C10H9N3/c1-3-11-9-2-5-13-6-4-12-10(13)7-8(1)9/h1-7,11-12H. The zero-order chi connectivity index (χ0) is 8.67. The number of aromatic amines is 1. The smallest absolute Gasteiger partial charge is 0.114 e. The van der Waals surface area contributed by atoms with Crippen LogP contribution in [0.1, 0.15) is 11.3 Å². The van der Waals surface area contributed by atoms with Crippen molar-refractivity contribution in [3.63, 3.8) is 0 Å². The molecule has 0 aliphatic carbocycles. The molecule has 3 nitrogen and oxygen atoms in total. The Morgan fingerprint density at radius 2 is 2.23 bits per heavy atom. The van der Waals surface area contributed by atoms with Gasteiger partial charge in [0.25, 0.3) is 0 Å². The van der Waals surface area contributed by atoms with Crippen LogP contribution in [0.5, 0.6) is 0 Å². The molecule has 1 aromatic rings. The second-order valence-electron chi connectivity index (χ2n) is 3.06. The highest BCUT2D eigenvalue weighted by Crippen LogP contribution is 2.21. The Hall–Kier alpha value is -1.90. The van der Waals surface area contributed by atoms with Gasteiger partial charge >= 0.3 is 0 Å². The van der Waals surface area contributed by atoms with E-state index in [1.165, 1.54) is 5.56 Å². The summed E-state index contributed by atoms with van der Waals surface area (Å²) >= 11 is 0. The molecule has 64 valence electrons. The van der Waals surface area contributed by atoms with Gasteiger partial charge in [0, 0.05) is 36.1 Å². The molecule has 0 spiro atoms. The van der Waals surface area contributed by atoms with Crippen molar-refractivity contribution in [2.75, 3.05) is 0 Å². The number of fused-ring (bicyclic) bond motifs is 2. The average molecular weight is 171 g/mol. The number of nitrogens with zero attached hydrogens (tertiary/aromatic N) is 1. The van der Waals surface area contributed by atoms with E-state index in [-0.39, 0.29) is 0 Å². The van der Waals surface area contributed by atoms with Crippen LogP contribution in [0.4, 0.5) is 0 Å². The van der Waals surface area contributed by atoms with Gasteiger partial charge in [-0.2, -0.15) is 0 Å². The van der Waals surface area contributed by atoms with Gasteiger partial charge in [0.05, 0.1) is 0 Å². The van der Waals surface area contributed by atoms with Crippen molar-refractivity contribution in [2.24, 2.45) is 0 Å². The Bertz CT molecular complexity index is 423. The molecule has 0 atom stereocenters. The zero-order valence-corrected chi connectivity index (χ0v) is 6.99. The van der Waals surface area contributed by atoms with Crippen LogP contribution in [0.25, 0.3) is 12.2 Å². The second-order valence-corrected chi connectivity index (χ2v) is 3.06. The van der Waals surface area contributed by atoms with Crippen LogP contribution in [0, 0.1) is 0 Å². The molecule has 3 heterocycles. The second kappa shape index (κ2) is 2.29. The van der Waals surface area contributed by atoms with Gasteiger partial charge in [-0.1, -0.05) is 0 Å². The summed E-state index contributed by atoms with van der Waals surface area (Å²) in [4.78, 5) is 5.23. The topological polar surface area (TPSA) is 31.1 Å². The minimum Gasteiger partial charge on any atom is -0.361 e. The lowest BCUT2D eigenvalue weighted by Gasteiger charge is -2.09. The maximum Gasteiger partial charge on any atom is 0.114 e. The minimum atomic E-state index is 1.09. The fraction of sp³-hybridized carbons (Fsp3) is 0. The first-order chi connectivity index (χ1) is 6.43. The van der Waals surface area contributed by atoms with Gasteiger partial charge in [0.1, 0.15) is 5.82 Å². The lowest BCUT2D eigenvalue weighted by atomic mass is 10.2. The Morgan fingerprint density at radius 1 is 1.23 bits per heavy atom. The Morgan fingerprint density at radius 3 is 3.23 bits per heavy atom. The number of H-pyrrole nitrogens is 1. The minimum absolute atomic E-state index is 1.09. The molecule has 2 N–H and O–H groups in total. The predicted octanol–water partition coefficient (Wildman–Crippen LogP) is 1.67. The summed E-state index contributed by atoms with van der Waals surface area (Å²) in [7, 11) is 0. The molecule has 0 saturated carbocycles. The molecule has 1 aromatic heterocycles. The summed E-state index contributed by atoms with van der Waals surface area (Å²) in [6.45, 7) is 0. The van der Waals surface area contributed by atoms with E-state index >= 15 is 0 Å². The van der Waals surface area contributed by atoms with E-state index in [1.54, 1.807) is 0 Å². The molecule has 2 aliphatic heterocycles. The van der Waals surface area contributed by atoms with Gasteiger partial charge < -0.3 is 15.2 Å². The predicted molar refractivity (Wildman–Crippen MR) is 51.9 cm³/mol. The van der Waals surface area contributed by atoms with Crippen molar-refractivity contribution < 1.29 is 0 Å². The summed E-state index contributed by atoms with van der Waals surface area (Å²) in [5, 5.41) is 3.17. The van der Waals surface area contributed by atoms with Gasteiger partial charge in [0.2, 0.25) is 0 Å². The van der Waals surface area contributed by atoms with E-state index < -0.39 is 0 Å². The lowest BCUT2D eigenvalue weighted by Crippen LogP contribution is -2.10. The highest BCUT2D eigenvalue weighted by Gasteiger charge is 2.12. The quantitative estimate of drug-likeness (QED) is 0.622. The molecule has 0 saturated heterocycles. The van der Waals surface area contributed by atoms with Gasteiger partial charge in [-0.05, 0) is 18.2 Å². The molecule has 0 bridgehead atoms. The summed E-state index contributed by atoms with van der Waals surface area (Å²) < 4.78 is 0. The number of rotatable bonds is 0. The van der Waals surface area contributed by atoms with Gasteiger partial charge in [0.15, 0.2) is 0 Å². The van der Waals surface area contributed by atoms with Crippen LogP contribution in [0.3, 0.4) is 0 Å². The third kappa shape index (κ3) is 0.902. The monoisotopic (exact) mass is 171 g/mol. The third-order valence-electron chi connectivity index (χ3n) is 2.25. The number of aromatic nitrogens is 1. The molecular formula is C10H9N3. The molecule has 0 fully saturated rings. The lowest BCUT2D eigenvalue weighted by molar-refractivity contribution is 0.640. The normalized spacial score (nSPS) is 17.5. The molecule has 2 aliphatic rings. The van der Waals surface area contributed by atoms with Crippen LogP contribution in [-0.2, 0) is 0 Å². The van der Waals surface area contributed by atoms with Crippen molar-refractivity contribution in [3.05, 3.63) is 47.9 Å². The number of hydrogen-bond acceptors (Lipinski definition) is 2. The van der Waals surface area contributed by atoms with E-state index in [1.807, 2.05) is 29.7 Å². The van der Waals surface area contributed by atoms with Crippen LogP contribution in [0.15, 0.2) is 36.7 Å². The fourth-order valence-corrected chi connectivity index (χ4v) is 1.57. The third-order valence-corrected chi connectivity index (χ3v) is 2.25. The molecular weight excluding hydrogens is 162 g/mol. The van der Waals surface area contributed by atoms with E-state index in [9.17, 15) is 0 Å². The van der Waals surface area contributed by atoms with Crippen LogP contribution < -0.4 is 5.32 Å². The van der Waals surface area contributed by atoms with Crippen LogP contribution in [-0.4, -0.2) is 9.88 Å². The van der Waals surface area contributed by atoms with Crippen LogP contribution in [0.2, 0.25) is 0 Å². The number of nitrogens with one attached hydrogen (secondary N) is 2. The Labute approximate surface area is 76.1 Å². The summed E-state index contributed by atoms with van der Waals surface area (Å²) in [5.74, 6) is 1.09. The summed E-state index contributed by atoms with van der Waals surface area (Å²) in [6, 6.07) is 2.07. The molecule has 0 aromatic carbocycles. The van der Waals surface area contributed by atoms with Crippen molar-refractivity contribution in [1.82, 2.24) is 15.2 Å². The number of hydrogen-bond donors (Lipinski definition) is 2.